The Bertz CT molecular complexity index is 487. The van der Waals surface area contributed by atoms with Crippen LogP contribution in [0, 0.1) is 5.82 Å². The summed E-state index contributed by atoms with van der Waals surface area (Å²) >= 11 is 1.50. The third-order valence-electron chi connectivity index (χ3n) is 2.79. The van der Waals surface area contributed by atoms with E-state index in [9.17, 15) is 4.39 Å². The predicted molar refractivity (Wildman–Crippen MR) is 61.6 cm³/mol. The van der Waals surface area contributed by atoms with E-state index in [4.69, 9.17) is 0 Å². The highest BCUT2D eigenvalue weighted by molar-refractivity contribution is 7.17. The van der Waals surface area contributed by atoms with E-state index in [-0.39, 0.29) is 5.82 Å². The molecule has 1 aromatic carbocycles. The van der Waals surface area contributed by atoms with Crippen LogP contribution < -0.4 is 5.32 Å². The number of nitrogens with one attached hydrogen (secondary N) is 1. The van der Waals surface area contributed by atoms with Crippen LogP contribution >= 0.6 is 11.3 Å². The summed E-state index contributed by atoms with van der Waals surface area (Å²) in [5.74, 6) is -0.102. The van der Waals surface area contributed by atoms with Crippen molar-refractivity contribution in [3.8, 4) is 0 Å². The van der Waals surface area contributed by atoms with E-state index in [1.54, 1.807) is 6.07 Å². The lowest BCUT2D eigenvalue weighted by Crippen LogP contribution is -2.14. The summed E-state index contributed by atoms with van der Waals surface area (Å²) < 4.78 is 14.2. The van der Waals surface area contributed by atoms with Crippen molar-refractivity contribution in [2.45, 2.75) is 25.4 Å². The zero-order valence-corrected chi connectivity index (χ0v) is 9.11. The molecule has 0 radical (unpaired) electrons. The van der Waals surface area contributed by atoms with Gasteiger partial charge in [0.25, 0.3) is 0 Å². The van der Waals surface area contributed by atoms with Gasteiger partial charge in [-0.05, 0) is 35.2 Å². The first kappa shape index (κ1) is 9.31. The van der Waals surface area contributed by atoms with Crippen LogP contribution in [0.1, 0.15) is 18.4 Å². The van der Waals surface area contributed by atoms with E-state index in [1.807, 2.05) is 6.07 Å². The van der Waals surface area contributed by atoms with Crippen LogP contribution in [0.5, 0.6) is 0 Å². The maximum atomic E-state index is 13.4. The highest BCUT2D eigenvalue weighted by Gasteiger charge is 2.20. The first-order valence-electron chi connectivity index (χ1n) is 5.22. The van der Waals surface area contributed by atoms with Gasteiger partial charge in [-0.2, -0.15) is 0 Å². The molecule has 3 rings (SSSR count). The molecule has 1 heterocycles. The number of thiophene rings is 1. The first-order valence-corrected chi connectivity index (χ1v) is 6.10. The molecule has 0 spiro atoms. The summed E-state index contributed by atoms with van der Waals surface area (Å²) in [5, 5.41) is 6.58. The van der Waals surface area contributed by atoms with Crippen molar-refractivity contribution in [2.24, 2.45) is 0 Å². The van der Waals surface area contributed by atoms with Crippen molar-refractivity contribution in [1.82, 2.24) is 5.32 Å². The Labute approximate surface area is 91.9 Å². The molecule has 15 heavy (non-hydrogen) atoms. The number of rotatable bonds is 3. The highest BCUT2D eigenvalue weighted by Crippen LogP contribution is 2.29. The fourth-order valence-electron chi connectivity index (χ4n) is 1.75. The van der Waals surface area contributed by atoms with Crippen molar-refractivity contribution >= 4 is 21.4 Å². The molecule has 0 unspecified atom stereocenters. The van der Waals surface area contributed by atoms with Gasteiger partial charge in [0.2, 0.25) is 0 Å². The summed E-state index contributed by atoms with van der Waals surface area (Å²) in [5.41, 5.74) is 1.22. The Morgan fingerprint density at radius 1 is 1.40 bits per heavy atom. The van der Waals surface area contributed by atoms with E-state index < -0.39 is 0 Å². The molecule has 1 N–H and O–H groups in total. The molecule has 0 saturated heterocycles. The summed E-state index contributed by atoms with van der Waals surface area (Å²) in [6.07, 6.45) is 2.58. The molecule has 3 heteroatoms. The molecular formula is C12H12FNS. The molecule has 0 bridgehead atoms. The molecule has 1 nitrogen and oxygen atoms in total. The van der Waals surface area contributed by atoms with Crippen LogP contribution in [0.2, 0.25) is 0 Å². The molecule has 78 valence electrons. The maximum absolute atomic E-state index is 13.4. The standard InChI is InChI=1S/C12H12FNS/c13-11-3-1-2-10-8(7-15-12(10)11)6-14-9-4-5-9/h1-3,7,9,14H,4-6H2. The largest absolute Gasteiger partial charge is 0.310 e. The fourth-order valence-corrected chi connectivity index (χ4v) is 2.73. The number of benzene rings is 1. The van der Waals surface area contributed by atoms with Crippen LogP contribution in [0.3, 0.4) is 0 Å². The quantitative estimate of drug-likeness (QED) is 0.838. The van der Waals surface area contributed by atoms with Crippen molar-refractivity contribution in [1.29, 1.82) is 0 Å². The number of fused-ring (bicyclic) bond motifs is 1. The molecular weight excluding hydrogens is 209 g/mol. The van der Waals surface area contributed by atoms with Gasteiger partial charge in [0.1, 0.15) is 5.82 Å². The lowest BCUT2D eigenvalue weighted by atomic mass is 10.2. The Morgan fingerprint density at radius 3 is 3.07 bits per heavy atom. The van der Waals surface area contributed by atoms with Gasteiger partial charge >= 0.3 is 0 Å². The van der Waals surface area contributed by atoms with Crippen LogP contribution in [-0.4, -0.2) is 6.04 Å². The lowest BCUT2D eigenvalue weighted by Gasteiger charge is -2.01. The molecule has 1 aliphatic rings. The van der Waals surface area contributed by atoms with Crippen LogP contribution in [0.25, 0.3) is 10.1 Å². The van der Waals surface area contributed by atoms with Crippen molar-refractivity contribution in [3.05, 3.63) is 35.0 Å². The second-order valence-corrected chi connectivity index (χ2v) is 4.91. The molecule has 0 aliphatic heterocycles. The predicted octanol–water partition coefficient (Wildman–Crippen LogP) is 3.29. The van der Waals surface area contributed by atoms with Crippen molar-refractivity contribution in [3.63, 3.8) is 0 Å². The maximum Gasteiger partial charge on any atom is 0.140 e. The smallest absolute Gasteiger partial charge is 0.140 e. The Balaban J connectivity index is 1.92. The van der Waals surface area contributed by atoms with Gasteiger partial charge in [-0.25, -0.2) is 4.39 Å². The zero-order valence-electron chi connectivity index (χ0n) is 8.29. The highest BCUT2D eigenvalue weighted by atomic mass is 32.1. The Kier molecular flexibility index (Phi) is 2.22. The molecule has 1 aliphatic carbocycles. The Morgan fingerprint density at radius 2 is 2.27 bits per heavy atom. The second-order valence-electron chi connectivity index (χ2n) is 4.03. The first-order chi connectivity index (χ1) is 7.34. The topological polar surface area (TPSA) is 12.0 Å². The third-order valence-corrected chi connectivity index (χ3v) is 3.84. The monoisotopic (exact) mass is 221 g/mol. The summed E-state index contributed by atoms with van der Waals surface area (Å²) in [4.78, 5) is 0. The van der Waals surface area contributed by atoms with Crippen molar-refractivity contribution < 1.29 is 4.39 Å². The lowest BCUT2D eigenvalue weighted by molar-refractivity contribution is 0.641. The fraction of sp³-hybridized carbons (Fsp3) is 0.333. The summed E-state index contributed by atoms with van der Waals surface area (Å²) in [6, 6.07) is 6.01. The summed E-state index contributed by atoms with van der Waals surface area (Å²) in [7, 11) is 0. The van der Waals surface area contributed by atoms with Gasteiger partial charge in [0.15, 0.2) is 0 Å². The van der Waals surface area contributed by atoms with Crippen LogP contribution in [0.4, 0.5) is 4.39 Å². The SMILES string of the molecule is Fc1cccc2c(CNC3CC3)csc12. The van der Waals surface area contributed by atoms with E-state index in [1.165, 1.54) is 35.8 Å². The molecule has 0 atom stereocenters. The molecule has 2 aromatic rings. The van der Waals surface area contributed by atoms with Gasteiger partial charge < -0.3 is 5.32 Å². The Hall–Kier alpha value is -0.930. The average molecular weight is 221 g/mol. The van der Waals surface area contributed by atoms with Gasteiger partial charge in [0, 0.05) is 12.6 Å². The van der Waals surface area contributed by atoms with Gasteiger partial charge in [-0.15, -0.1) is 11.3 Å². The van der Waals surface area contributed by atoms with Gasteiger partial charge in [-0.3, -0.25) is 0 Å². The number of hydrogen-bond acceptors (Lipinski definition) is 2. The minimum absolute atomic E-state index is 0.102. The minimum atomic E-state index is -0.102. The molecule has 1 aromatic heterocycles. The van der Waals surface area contributed by atoms with E-state index in [0.29, 0.717) is 6.04 Å². The normalized spacial score (nSPS) is 16.1. The molecule has 1 saturated carbocycles. The van der Waals surface area contributed by atoms with Crippen LogP contribution in [0.15, 0.2) is 23.6 Å². The molecule has 0 amide bonds. The minimum Gasteiger partial charge on any atom is -0.310 e. The zero-order chi connectivity index (χ0) is 10.3. The molecule has 1 fully saturated rings. The van der Waals surface area contributed by atoms with E-state index >= 15 is 0 Å². The van der Waals surface area contributed by atoms with Crippen LogP contribution in [-0.2, 0) is 6.54 Å². The average Bonchev–Trinajstić information content (AvgIpc) is 2.97. The van der Waals surface area contributed by atoms with Gasteiger partial charge in [-0.1, -0.05) is 12.1 Å². The van der Waals surface area contributed by atoms with Gasteiger partial charge in [0.05, 0.1) is 4.70 Å². The summed E-state index contributed by atoms with van der Waals surface area (Å²) in [6.45, 7) is 0.869. The second kappa shape index (κ2) is 3.58. The van der Waals surface area contributed by atoms with Crippen molar-refractivity contribution in [2.75, 3.05) is 0 Å². The van der Waals surface area contributed by atoms with E-state index in [0.717, 1.165) is 16.6 Å². The third kappa shape index (κ3) is 1.77. The number of halogens is 1. The van der Waals surface area contributed by atoms with E-state index in [2.05, 4.69) is 10.7 Å². The number of hydrogen-bond donors (Lipinski definition) is 1.